The Morgan fingerprint density at radius 1 is 1.16 bits per heavy atom. The minimum Gasteiger partial charge on any atom is -0.465 e. The third-order valence-corrected chi connectivity index (χ3v) is 5.38. The molecule has 160 valence electrons. The Morgan fingerprint density at radius 2 is 1.90 bits per heavy atom. The first-order valence-corrected chi connectivity index (χ1v) is 10.3. The zero-order chi connectivity index (χ0) is 22.4. The summed E-state index contributed by atoms with van der Waals surface area (Å²) >= 11 is 0.997. The molecule has 1 aromatic heterocycles. The number of carbonyl (C=O) groups is 3. The molecule has 0 spiro atoms. The van der Waals surface area contributed by atoms with Gasteiger partial charge in [0.25, 0.3) is 5.56 Å². The number of methoxy groups -OCH3 is 1. The molecule has 0 aliphatic rings. The van der Waals surface area contributed by atoms with Gasteiger partial charge in [0.05, 0.1) is 29.3 Å². The number of carbonyl (C=O) groups excluding carboxylic acids is 3. The van der Waals surface area contributed by atoms with Crippen LogP contribution in [0.1, 0.15) is 15.9 Å². The van der Waals surface area contributed by atoms with Crippen LogP contribution in [0.5, 0.6) is 0 Å². The molecule has 0 atom stereocenters. The van der Waals surface area contributed by atoms with E-state index in [2.05, 4.69) is 4.98 Å². The Balaban J connectivity index is 1.99. The van der Waals surface area contributed by atoms with Crippen LogP contribution in [0.4, 0.5) is 4.79 Å². The minimum atomic E-state index is -0.957. The van der Waals surface area contributed by atoms with Gasteiger partial charge in [0, 0.05) is 6.54 Å². The number of imide groups is 1. The van der Waals surface area contributed by atoms with Gasteiger partial charge < -0.3 is 10.5 Å². The monoisotopic (exact) mass is 440 g/mol. The van der Waals surface area contributed by atoms with E-state index in [0.29, 0.717) is 23.9 Å². The fourth-order valence-corrected chi connectivity index (χ4v) is 3.77. The van der Waals surface area contributed by atoms with Gasteiger partial charge in [-0.15, -0.1) is 0 Å². The molecule has 3 rings (SSSR count). The van der Waals surface area contributed by atoms with Crippen LogP contribution in [0.15, 0.2) is 58.5 Å². The molecule has 3 N–H and O–H groups in total. The van der Waals surface area contributed by atoms with Crippen molar-refractivity contribution in [2.24, 2.45) is 5.73 Å². The third-order valence-electron chi connectivity index (χ3n) is 4.40. The first kappa shape index (κ1) is 22.0. The Bertz CT molecular complexity index is 1190. The number of nitrogens with zero attached hydrogens (tertiary/aromatic N) is 2. The van der Waals surface area contributed by atoms with Crippen LogP contribution in [0.25, 0.3) is 10.9 Å². The number of benzene rings is 2. The molecule has 9 nitrogen and oxygen atoms in total. The number of fused-ring (bicyclic) bond motifs is 1. The number of aryl methyl sites for hydroxylation is 1. The average Bonchev–Trinajstić information content (AvgIpc) is 2.76. The lowest BCUT2D eigenvalue weighted by Gasteiger charge is -2.13. The second-order valence-electron chi connectivity index (χ2n) is 6.51. The van der Waals surface area contributed by atoms with Crippen LogP contribution in [0, 0.1) is 0 Å². The lowest BCUT2D eigenvalue weighted by atomic mass is 10.1. The van der Waals surface area contributed by atoms with E-state index in [-0.39, 0.29) is 22.0 Å². The maximum atomic E-state index is 13.2. The van der Waals surface area contributed by atoms with Crippen molar-refractivity contribution >= 4 is 40.6 Å². The number of nitrogens with one attached hydrogen (secondary N) is 1. The smallest absolute Gasteiger partial charge is 0.337 e. The maximum Gasteiger partial charge on any atom is 0.337 e. The fourth-order valence-electron chi connectivity index (χ4n) is 2.94. The van der Waals surface area contributed by atoms with Crippen LogP contribution >= 0.6 is 11.8 Å². The van der Waals surface area contributed by atoms with E-state index in [1.54, 1.807) is 0 Å². The number of urea groups is 1. The third kappa shape index (κ3) is 5.48. The van der Waals surface area contributed by atoms with Gasteiger partial charge in [-0.25, -0.2) is 14.6 Å². The van der Waals surface area contributed by atoms with E-state index in [1.807, 2.05) is 35.6 Å². The van der Waals surface area contributed by atoms with Gasteiger partial charge >= 0.3 is 12.0 Å². The van der Waals surface area contributed by atoms with Crippen LogP contribution in [-0.2, 0) is 22.5 Å². The molecule has 0 saturated heterocycles. The summed E-state index contributed by atoms with van der Waals surface area (Å²) in [6, 6.07) is 13.2. The van der Waals surface area contributed by atoms with Crippen LogP contribution in [0.3, 0.4) is 0 Å². The van der Waals surface area contributed by atoms with Gasteiger partial charge in [0.1, 0.15) is 0 Å². The van der Waals surface area contributed by atoms with Gasteiger partial charge in [0.15, 0.2) is 5.16 Å². The highest BCUT2D eigenvalue weighted by Crippen LogP contribution is 2.20. The molecule has 3 aromatic rings. The molecule has 0 saturated carbocycles. The van der Waals surface area contributed by atoms with Gasteiger partial charge in [-0.2, -0.15) is 0 Å². The predicted octanol–water partition coefficient (Wildman–Crippen LogP) is 1.71. The van der Waals surface area contributed by atoms with E-state index in [0.717, 1.165) is 17.3 Å². The molecule has 1 heterocycles. The number of rotatable bonds is 7. The highest BCUT2D eigenvalue weighted by molar-refractivity contribution is 7.99. The molecule has 0 bridgehead atoms. The van der Waals surface area contributed by atoms with Crippen molar-refractivity contribution in [2.45, 2.75) is 18.1 Å². The molecule has 0 aliphatic heterocycles. The highest BCUT2D eigenvalue weighted by atomic mass is 32.2. The minimum absolute atomic E-state index is 0.164. The van der Waals surface area contributed by atoms with Crippen molar-refractivity contribution < 1.29 is 19.1 Å². The quantitative estimate of drug-likeness (QED) is 0.325. The van der Waals surface area contributed by atoms with Crippen molar-refractivity contribution in [3.63, 3.8) is 0 Å². The summed E-state index contributed by atoms with van der Waals surface area (Å²) in [7, 11) is 1.26. The summed E-state index contributed by atoms with van der Waals surface area (Å²) in [5.74, 6) is -1.32. The highest BCUT2D eigenvalue weighted by Gasteiger charge is 2.16. The molecule has 0 radical (unpaired) electrons. The average molecular weight is 440 g/mol. The topological polar surface area (TPSA) is 133 Å². The summed E-state index contributed by atoms with van der Waals surface area (Å²) in [4.78, 5) is 52.2. The Morgan fingerprint density at radius 3 is 2.58 bits per heavy atom. The normalized spacial score (nSPS) is 10.6. The molecule has 10 heteroatoms. The molecule has 0 fully saturated rings. The van der Waals surface area contributed by atoms with Crippen molar-refractivity contribution in [3.8, 4) is 0 Å². The summed E-state index contributed by atoms with van der Waals surface area (Å²) in [6.07, 6.45) is 0.579. The predicted molar refractivity (Wildman–Crippen MR) is 116 cm³/mol. The Labute approximate surface area is 181 Å². The first-order valence-electron chi connectivity index (χ1n) is 9.28. The summed E-state index contributed by atoms with van der Waals surface area (Å²) in [5.41, 5.74) is 6.27. The largest absolute Gasteiger partial charge is 0.465 e. The fraction of sp³-hybridized carbons (Fsp3) is 0.190. The number of hydrogen-bond donors (Lipinski definition) is 2. The zero-order valence-corrected chi connectivity index (χ0v) is 17.5. The van der Waals surface area contributed by atoms with Crippen molar-refractivity contribution in [2.75, 3.05) is 12.9 Å². The number of esters is 1. The Hall–Kier alpha value is -3.66. The molecule has 31 heavy (non-hydrogen) atoms. The summed E-state index contributed by atoms with van der Waals surface area (Å²) in [5, 5.41) is 2.60. The summed E-state index contributed by atoms with van der Waals surface area (Å²) in [6.45, 7) is 0.338. The van der Waals surface area contributed by atoms with Gasteiger partial charge in [-0.1, -0.05) is 42.1 Å². The van der Waals surface area contributed by atoms with Gasteiger partial charge in [0.2, 0.25) is 5.91 Å². The number of thioether (sulfide) groups is 1. The van der Waals surface area contributed by atoms with Crippen molar-refractivity contribution in [1.82, 2.24) is 14.9 Å². The SMILES string of the molecule is COC(=O)c1ccc2c(=O)n(CCc3ccccc3)c(SCC(=O)NC(N)=O)nc2c1. The first-order chi connectivity index (χ1) is 14.9. The number of amides is 3. The Kier molecular flexibility index (Phi) is 7.03. The van der Waals surface area contributed by atoms with Crippen LogP contribution in [-0.4, -0.2) is 40.3 Å². The van der Waals surface area contributed by atoms with E-state index in [1.165, 1.54) is 29.9 Å². The standard InChI is InChI=1S/C21H20N4O5S/c1-30-19(28)14-7-8-15-16(11-14)23-21(31-12-17(26)24-20(22)29)25(18(15)27)10-9-13-5-3-2-4-6-13/h2-8,11H,9-10,12H2,1H3,(H3,22,24,26,29). The van der Waals surface area contributed by atoms with E-state index >= 15 is 0 Å². The van der Waals surface area contributed by atoms with E-state index < -0.39 is 17.9 Å². The number of hydrogen-bond acceptors (Lipinski definition) is 7. The molecule has 0 unspecified atom stereocenters. The molecular weight excluding hydrogens is 420 g/mol. The van der Waals surface area contributed by atoms with Crippen molar-refractivity contribution in [3.05, 3.63) is 70.0 Å². The summed E-state index contributed by atoms with van der Waals surface area (Å²) < 4.78 is 6.20. The second kappa shape index (κ2) is 9.90. The molecule has 0 aliphatic carbocycles. The lowest BCUT2D eigenvalue weighted by molar-refractivity contribution is -0.117. The van der Waals surface area contributed by atoms with Crippen LogP contribution in [0.2, 0.25) is 0 Å². The number of nitrogens with two attached hydrogens (primary N) is 1. The zero-order valence-electron chi connectivity index (χ0n) is 16.7. The lowest BCUT2D eigenvalue weighted by Crippen LogP contribution is -2.36. The van der Waals surface area contributed by atoms with Crippen molar-refractivity contribution in [1.29, 1.82) is 0 Å². The second-order valence-corrected chi connectivity index (χ2v) is 7.45. The number of primary amides is 1. The number of aromatic nitrogens is 2. The van der Waals surface area contributed by atoms with Crippen LogP contribution < -0.4 is 16.6 Å². The van der Waals surface area contributed by atoms with Gasteiger partial charge in [-0.05, 0) is 30.2 Å². The number of ether oxygens (including phenoxy) is 1. The molecule has 2 aromatic carbocycles. The molecular formula is C21H20N4O5S. The van der Waals surface area contributed by atoms with Gasteiger partial charge in [-0.3, -0.25) is 19.5 Å². The van der Waals surface area contributed by atoms with E-state index in [4.69, 9.17) is 10.5 Å². The van der Waals surface area contributed by atoms with E-state index in [9.17, 15) is 19.2 Å². The maximum absolute atomic E-state index is 13.2. The molecule has 3 amide bonds.